The number of para-hydroxylation sites is 2. The third kappa shape index (κ3) is 11.9. The highest BCUT2D eigenvalue weighted by molar-refractivity contribution is 6.31. The number of anilines is 1. The molecule has 2 amide bonds. The molecule has 0 saturated heterocycles. The topological polar surface area (TPSA) is 133 Å². The summed E-state index contributed by atoms with van der Waals surface area (Å²) in [7, 11) is 0. The van der Waals surface area contributed by atoms with E-state index in [1.807, 2.05) is 36.4 Å². The maximum absolute atomic E-state index is 14.0. The van der Waals surface area contributed by atoms with Crippen LogP contribution in [0.15, 0.2) is 115 Å². The summed E-state index contributed by atoms with van der Waals surface area (Å²) >= 11 is 6.22. The van der Waals surface area contributed by atoms with E-state index in [0.717, 1.165) is 28.2 Å². The van der Waals surface area contributed by atoms with Gasteiger partial charge >= 0.3 is 24.3 Å². The van der Waals surface area contributed by atoms with Crippen molar-refractivity contribution in [1.29, 1.82) is 0 Å². The van der Waals surface area contributed by atoms with Gasteiger partial charge in [0.05, 0.1) is 22.4 Å². The van der Waals surface area contributed by atoms with Crippen molar-refractivity contribution in [2.45, 2.75) is 50.5 Å². The van der Waals surface area contributed by atoms with Crippen LogP contribution in [0.3, 0.4) is 0 Å². The summed E-state index contributed by atoms with van der Waals surface area (Å²) in [5.74, 6) is -3.78. The highest BCUT2D eigenvalue weighted by atomic mass is 35.5. The van der Waals surface area contributed by atoms with Gasteiger partial charge in [-0.1, -0.05) is 78.7 Å². The second kappa shape index (κ2) is 18.9. The number of alkyl halides is 6. The highest BCUT2D eigenvalue weighted by Crippen LogP contribution is 2.38. The van der Waals surface area contributed by atoms with E-state index >= 15 is 0 Å². The van der Waals surface area contributed by atoms with E-state index in [9.17, 15) is 50.6 Å². The number of aliphatic carboxylic acids is 2. The molecule has 0 radical (unpaired) electrons. The number of rotatable bonds is 16. The van der Waals surface area contributed by atoms with Crippen LogP contribution in [0.5, 0.6) is 11.5 Å². The van der Waals surface area contributed by atoms with Gasteiger partial charge in [-0.15, -0.1) is 0 Å². The number of unbranched alkanes of at least 4 members (excludes halogenated alkanes) is 2. The molecule has 0 aliphatic rings. The maximum atomic E-state index is 14.0. The van der Waals surface area contributed by atoms with E-state index in [1.54, 1.807) is 42.5 Å². The number of carbonyl (C=O) groups is 4. The van der Waals surface area contributed by atoms with E-state index < -0.39 is 64.4 Å². The molecule has 0 spiro atoms. The van der Waals surface area contributed by atoms with Crippen molar-refractivity contribution in [3.63, 3.8) is 0 Å². The first kappa shape index (κ1) is 43.8. The van der Waals surface area contributed by atoms with Crippen LogP contribution in [-0.4, -0.2) is 46.6 Å². The number of benzene rings is 5. The lowest BCUT2D eigenvalue weighted by Crippen LogP contribution is -2.43. The van der Waals surface area contributed by atoms with Gasteiger partial charge in [0.1, 0.15) is 17.5 Å². The number of carboxylic acids is 2. The molecule has 16 heteroatoms. The fraction of sp³-hybridized carbons (Fsp3) is 0.209. The lowest BCUT2D eigenvalue weighted by molar-refractivity contribution is -0.143. The lowest BCUT2D eigenvalue weighted by atomic mass is 9.99. The predicted molar refractivity (Wildman–Crippen MR) is 207 cm³/mol. The highest BCUT2D eigenvalue weighted by Gasteiger charge is 2.38. The average molecular weight is 841 g/mol. The first-order valence-electron chi connectivity index (χ1n) is 18.0. The molecule has 0 bridgehead atoms. The van der Waals surface area contributed by atoms with Crippen LogP contribution in [0.2, 0.25) is 5.02 Å². The normalized spacial score (nSPS) is 12.1. The summed E-state index contributed by atoms with van der Waals surface area (Å²) in [6.45, 7) is -0.383. The van der Waals surface area contributed by atoms with Crippen molar-refractivity contribution < 1.29 is 60.5 Å². The maximum Gasteiger partial charge on any atom is 0.416 e. The zero-order chi connectivity index (χ0) is 42.9. The number of amides is 2. The molecule has 0 unspecified atom stereocenters. The van der Waals surface area contributed by atoms with Crippen molar-refractivity contribution in [2.24, 2.45) is 0 Å². The Bertz CT molecular complexity index is 2270. The number of ether oxygens (including phenoxy) is 1. The van der Waals surface area contributed by atoms with Gasteiger partial charge in [-0.3, -0.25) is 14.4 Å². The summed E-state index contributed by atoms with van der Waals surface area (Å²) in [6, 6.07) is 25.5. The van der Waals surface area contributed by atoms with E-state index in [2.05, 4.69) is 5.32 Å². The Morgan fingerprint density at radius 3 is 1.97 bits per heavy atom. The molecule has 0 fully saturated rings. The van der Waals surface area contributed by atoms with Crippen molar-refractivity contribution in [3.8, 4) is 22.6 Å². The zero-order valence-corrected chi connectivity index (χ0v) is 31.6. The smallest absolute Gasteiger partial charge is 0.416 e. The summed E-state index contributed by atoms with van der Waals surface area (Å²) in [5, 5.41) is 21.5. The monoisotopic (exact) mass is 840 g/mol. The van der Waals surface area contributed by atoms with Gasteiger partial charge in [-0.25, -0.2) is 4.79 Å². The molecule has 9 nitrogen and oxygen atoms in total. The quantitative estimate of drug-likeness (QED) is 0.0665. The van der Waals surface area contributed by atoms with Gasteiger partial charge < -0.3 is 25.2 Å². The Morgan fingerprint density at radius 2 is 1.36 bits per heavy atom. The van der Waals surface area contributed by atoms with Gasteiger partial charge in [-0.2, -0.15) is 26.3 Å². The zero-order valence-electron chi connectivity index (χ0n) is 30.8. The molecule has 0 aliphatic heterocycles. The molecular formula is C43H35ClF6N2O7. The van der Waals surface area contributed by atoms with Crippen LogP contribution in [0.1, 0.15) is 63.1 Å². The summed E-state index contributed by atoms with van der Waals surface area (Å²) in [4.78, 5) is 52.2. The van der Waals surface area contributed by atoms with Gasteiger partial charge in [-0.05, 0) is 78.6 Å². The molecule has 0 saturated carbocycles. The van der Waals surface area contributed by atoms with Crippen molar-refractivity contribution in [2.75, 3.05) is 11.4 Å². The van der Waals surface area contributed by atoms with Crippen LogP contribution in [0.25, 0.3) is 11.1 Å². The Morgan fingerprint density at radius 1 is 0.729 bits per heavy atom. The first-order valence-corrected chi connectivity index (χ1v) is 18.4. The summed E-state index contributed by atoms with van der Waals surface area (Å²) in [6.07, 6.45) is -10.7. The first-order chi connectivity index (χ1) is 27.9. The van der Waals surface area contributed by atoms with Crippen molar-refractivity contribution >= 4 is 41.0 Å². The fourth-order valence-corrected chi connectivity index (χ4v) is 6.29. The van der Waals surface area contributed by atoms with Gasteiger partial charge in [0.15, 0.2) is 0 Å². The number of carbonyl (C=O) groups excluding carboxylic acids is 2. The van der Waals surface area contributed by atoms with E-state index in [-0.39, 0.29) is 67.6 Å². The van der Waals surface area contributed by atoms with Crippen LogP contribution >= 0.6 is 11.6 Å². The summed E-state index contributed by atoms with van der Waals surface area (Å²) < 4.78 is 88.6. The van der Waals surface area contributed by atoms with Crippen LogP contribution in [0, 0.1) is 0 Å². The van der Waals surface area contributed by atoms with E-state index in [4.69, 9.17) is 21.4 Å². The lowest BCUT2D eigenvalue weighted by Gasteiger charge is -2.27. The molecule has 308 valence electrons. The molecule has 5 rings (SSSR count). The third-order valence-corrected chi connectivity index (χ3v) is 9.25. The number of hydrogen-bond donors (Lipinski definition) is 3. The minimum absolute atomic E-state index is 0.0183. The number of nitrogens with one attached hydrogen (secondary N) is 1. The SMILES string of the molecule is O=C(O)CCCCCN(C(=O)c1cc(C(F)(F)F)cc(C(F)(F)F)c1)c1ccc(Cl)cc1C(=O)N[C@@H](Cc1ccc(-c2ccccc2Oc2ccccc2)cc1)C(=O)O. The van der Waals surface area contributed by atoms with Crippen LogP contribution in [0.4, 0.5) is 32.0 Å². The van der Waals surface area contributed by atoms with Crippen molar-refractivity contribution in [1.82, 2.24) is 5.32 Å². The Kier molecular flexibility index (Phi) is 14.0. The number of nitrogens with zero attached hydrogens (tertiary/aromatic N) is 1. The molecular weight excluding hydrogens is 806 g/mol. The largest absolute Gasteiger partial charge is 0.481 e. The standard InChI is InChI=1S/C43H35ClF6N2O7/c44-31-18-19-36(52(20-8-2-5-13-38(53)54)40(56)28-22-29(42(45,46)47)24-30(23-28)43(48,49)50)34(25-31)39(55)51-35(41(57)58)21-26-14-16-27(17-15-26)33-11-6-7-12-37(33)59-32-9-3-1-4-10-32/h1,3-4,6-7,9-12,14-19,22-25,35H,2,5,8,13,20-21H2,(H,51,55)(H,53,54)(H,57,58)/t35-/m0/s1. The minimum atomic E-state index is -5.27. The third-order valence-electron chi connectivity index (χ3n) is 9.01. The van der Waals surface area contributed by atoms with E-state index in [1.165, 1.54) is 6.07 Å². The Labute approximate surface area is 338 Å². The fourth-order valence-electron chi connectivity index (χ4n) is 6.12. The van der Waals surface area contributed by atoms with Crippen LogP contribution in [-0.2, 0) is 28.4 Å². The number of hydrogen-bond acceptors (Lipinski definition) is 5. The number of carboxylic acid groups (broad SMARTS) is 2. The second-order valence-electron chi connectivity index (χ2n) is 13.3. The van der Waals surface area contributed by atoms with Gasteiger partial charge in [0.25, 0.3) is 11.8 Å². The van der Waals surface area contributed by atoms with Gasteiger partial charge in [0, 0.05) is 35.5 Å². The average Bonchev–Trinajstić information content (AvgIpc) is 3.19. The molecule has 3 N–H and O–H groups in total. The molecule has 0 aromatic heterocycles. The molecule has 5 aromatic rings. The van der Waals surface area contributed by atoms with Crippen molar-refractivity contribution in [3.05, 3.63) is 148 Å². The Hall–Kier alpha value is -6.35. The van der Waals surface area contributed by atoms with Gasteiger partial charge in [0.2, 0.25) is 0 Å². The predicted octanol–water partition coefficient (Wildman–Crippen LogP) is 10.6. The molecule has 59 heavy (non-hydrogen) atoms. The van der Waals surface area contributed by atoms with Crippen LogP contribution < -0.4 is 15.0 Å². The minimum Gasteiger partial charge on any atom is -0.481 e. The molecule has 5 aromatic carbocycles. The molecule has 0 aliphatic carbocycles. The van der Waals surface area contributed by atoms with E-state index in [0.29, 0.717) is 17.1 Å². The second-order valence-corrected chi connectivity index (χ2v) is 13.7. The molecule has 0 heterocycles. The Balaban J connectivity index is 1.43. The summed E-state index contributed by atoms with van der Waals surface area (Å²) in [5.41, 5.74) is -3.20. The molecule has 1 atom stereocenters. The number of halogens is 7.